The molecule has 1 nitrogen and oxygen atoms in total. The van der Waals surface area contributed by atoms with Gasteiger partial charge < -0.3 is 5.32 Å². The zero-order valence-corrected chi connectivity index (χ0v) is 12.0. The minimum atomic E-state index is 0.880. The van der Waals surface area contributed by atoms with Crippen LogP contribution >= 0.6 is 15.9 Å². The zero-order valence-electron chi connectivity index (χ0n) is 10.5. The molecule has 0 bridgehead atoms. The van der Waals surface area contributed by atoms with E-state index in [0.29, 0.717) is 0 Å². The van der Waals surface area contributed by atoms with Crippen LogP contribution in [0.5, 0.6) is 0 Å². The van der Waals surface area contributed by atoms with Crippen molar-refractivity contribution in [3.05, 3.63) is 40.9 Å². The monoisotopic (exact) mass is 303 g/mol. The molecular formula is C16H18BrN. The van der Waals surface area contributed by atoms with Crippen molar-refractivity contribution in [2.45, 2.75) is 25.7 Å². The van der Waals surface area contributed by atoms with Crippen molar-refractivity contribution in [1.82, 2.24) is 0 Å². The van der Waals surface area contributed by atoms with E-state index in [0.717, 1.165) is 16.9 Å². The van der Waals surface area contributed by atoms with E-state index in [1.54, 1.807) is 0 Å². The fourth-order valence-corrected chi connectivity index (χ4v) is 3.18. The van der Waals surface area contributed by atoms with E-state index in [-0.39, 0.29) is 0 Å². The Morgan fingerprint density at radius 3 is 2.56 bits per heavy atom. The van der Waals surface area contributed by atoms with Gasteiger partial charge in [-0.3, -0.25) is 0 Å². The van der Waals surface area contributed by atoms with Crippen LogP contribution < -0.4 is 5.32 Å². The van der Waals surface area contributed by atoms with Gasteiger partial charge in [0.15, 0.2) is 0 Å². The molecule has 0 aromatic heterocycles. The summed E-state index contributed by atoms with van der Waals surface area (Å²) in [6.45, 7) is 1.13. The van der Waals surface area contributed by atoms with Crippen LogP contribution in [0.4, 0.5) is 5.69 Å². The van der Waals surface area contributed by atoms with Gasteiger partial charge >= 0.3 is 0 Å². The maximum absolute atomic E-state index is 3.58. The minimum absolute atomic E-state index is 0.880. The van der Waals surface area contributed by atoms with E-state index in [1.165, 1.54) is 42.1 Å². The van der Waals surface area contributed by atoms with Crippen molar-refractivity contribution >= 4 is 32.4 Å². The average molecular weight is 304 g/mol. The van der Waals surface area contributed by atoms with Gasteiger partial charge in [0.05, 0.1) is 0 Å². The van der Waals surface area contributed by atoms with Crippen LogP contribution in [0.3, 0.4) is 0 Å². The molecule has 0 amide bonds. The smallest absolute Gasteiger partial charge is 0.0346 e. The molecule has 0 radical (unpaired) electrons. The third-order valence-corrected chi connectivity index (χ3v) is 4.37. The topological polar surface area (TPSA) is 12.0 Å². The standard InChI is InChI=1S/C16H18BrN/c17-15-7-5-14-10-16(8-6-13(14)9-15)18-11-12-3-1-2-4-12/h5-10,12,18H,1-4,11H2. The fourth-order valence-electron chi connectivity index (χ4n) is 2.80. The third kappa shape index (κ3) is 2.69. The van der Waals surface area contributed by atoms with Crippen molar-refractivity contribution in [1.29, 1.82) is 0 Å². The molecule has 1 saturated carbocycles. The summed E-state index contributed by atoms with van der Waals surface area (Å²) < 4.78 is 1.14. The molecule has 2 aromatic carbocycles. The normalized spacial score (nSPS) is 16.3. The quantitative estimate of drug-likeness (QED) is 0.821. The second-order valence-corrected chi connectivity index (χ2v) is 6.15. The van der Waals surface area contributed by atoms with Crippen molar-refractivity contribution in [3.8, 4) is 0 Å². The Bertz CT molecular complexity index is 544. The molecular weight excluding hydrogens is 286 g/mol. The Morgan fingerprint density at radius 1 is 1.00 bits per heavy atom. The highest BCUT2D eigenvalue weighted by Crippen LogP contribution is 2.26. The molecule has 1 N–H and O–H groups in total. The van der Waals surface area contributed by atoms with Gasteiger partial charge in [0, 0.05) is 16.7 Å². The van der Waals surface area contributed by atoms with Gasteiger partial charge in [0.2, 0.25) is 0 Å². The average Bonchev–Trinajstić information content (AvgIpc) is 2.89. The summed E-state index contributed by atoms with van der Waals surface area (Å²) >= 11 is 3.51. The van der Waals surface area contributed by atoms with Crippen molar-refractivity contribution in [2.75, 3.05) is 11.9 Å². The predicted octanol–water partition coefficient (Wildman–Crippen LogP) is 5.20. The van der Waals surface area contributed by atoms with Crippen molar-refractivity contribution < 1.29 is 0 Å². The summed E-state index contributed by atoms with van der Waals surface area (Å²) in [5.74, 6) is 0.880. The summed E-state index contributed by atoms with van der Waals surface area (Å²) in [6, 6.07) is 13.1. The molecule has 1 aliphatic rings. The summed E-state index contributed by atoms with van der Waals surface area (Å²) in [7, 11) is 0. The number of fused-ring (bicyclic) bond motifs is 1. The van der Waals surface area contributed by atoms with Crippen molar-refractivity contribution in [3.63, 3.8) is 0 Å². The minimum Gasteiger partial charge on any atom is -0.385 e. The predicted molar refractivity (Wildman–Crippen MR) is 82.1 cm³/mol. The molecule has 18 heavy (non-hydrogen) atoms. The zero-order chi connectivity index (χ0) is 12.4. The van der Waals surface area contributed by atoms with Crippen molar-refractivity contribution in [2.24, 2.45) is 5.92 Å². The fraction of sp³-hybridized carbons (Fsp3) is 0.375. The molecule has 0 saturated heterocycles. The summed E-state index contributed by atoms with van der Waals surface area (Å²) in [5.41, 5.74) is 1.25. The van der Waals surface area contributed by atoms with Crippen LogP contribution in [-0.4, -0.2) is 6.54 Å². The summed E-state index contributed by atoms with van der Waals surface area (Å²) in [5, 5.41) is 6.17. The molecule has 0 atom stereocenters. The van der Waals surface area contributed by atoms with Crippen LogP contribution in [0.25, 0.3) is 10.8 Å². The lowest BCUT2D eigenvalue weighted by Crippen LogP contribution is -2.10. The van der Waals surface area contributed by atoms with Crippen LogP contribution in [0.2, 0.25) is 0 Å². The van der Waals surface area contributed by atoms with E-state index in [9.17, 15) is 0 Å². The lowest BCUT2D eigenvalue weighted by atomic mass is 10.1. The molecule has 94 valence electrons. The van der Waals surface area contributed by atoms with Gasteiger partial charge in [0.1, 0.15) is 0 Å². The maximum Gasteiger partial charge on any atom is 0.0346 e. The molecule has 1 aliphatic carbocycles. The molecule has 0 spiro atoms. The van der Waals surface area contributed by atoms with Gasteiger partial charge in [-0.1, -0.05) is 40.9 Å². The molecule has 1 fully saturated rings. The summed E-state index contributed by atoms with van der Waals surface area (Å²) in [6.07, 6.45) is 5.62. The number of anilines is 1. The van der Waals surface area contributed by atoms with Gasteiger partial charge in [-0.2, -0.15) is 0 Å². The Balaban J connectivity index is 1.74. The van der Waals surface area contributed by atoms with Gasteiger partial charge in [-0.15, -0.1) is 0 Å². The van der Waals surface area contributed by atoms with Gasteiger partial charge in [-0.25, -0.2) is 0 Å². The Morgan fingerprint density at radius 2 is 1.72 bits per heavy atom. The SMILES string of the molecule is Brc1ccc2cc(NCC3CCCC3)ccc2c1. The van der Waals surface area contributed by atoms with E-state index < -0.39 is 0 Å². The Labute approximate surface area is 117 Å². The van der Waals surface area contributed by atoms with Crippen LogP contribution in [-0.2, 0) is 0 Å². The van der Waals surface area contributed by atoms with E-state index >= 15 is 0 Å². The van der Waals surface area contributed by atoms with Gasteiger partial charge in [0.25, 0.3) is 0 Å². The Kier molecular flexibility index (Phi) is 3.55. The maximum atomic E-state index is 3.58. The van der Waals surface area contributed by atoms with Gasteiger partial charge in [-0.05, 0) is 53.8 Å². The third-order valence-electron chi connectivity index (χ3n) is 3.87. The number of nitrogens with one attached hydrogen (secondary N) is 1. The van der Waals surface area contributed by atoms with Crippen LogP contribution in [0, 0.1) is 5.92 Å². The van der Waals surface area contributed by atoms with E-state index in [4.69, 9.17) is 0 Å². The largest absolute Gasteiger partial charge is 0.385 e. The first-order valence-corrected chi connectivity index (χ1v) is 7.54. The lowest BCUT2D eigenvalue weighted by Gasteiger charge is -2.12. The number of benzene rings is 2. The number of hydrogen-bond donors (Lipinski definition) is 1. The highest BCUT2D eigenvalue weighted by molar-refractivity contribution is 9.10. The van der Waals surface area contributed by atoms with Crippen LogP contribution in [0.15, 0.2) is 40.9 Å². The lowest BCUT2D eigenvalue weighted by molar-refractivity contribution is 0.580. The molecule has 2 heteroatoms. The molecule has 0 unspecified atom stereocenters. The number of hydrogen-bond acceptors (Lipinski definition) is 1. The first-order chi connectivity index (χ1) is 8.81. The number of halogens is 1. The molecule has 3 rings (SSSR count). The summed E-state index contributed by atoms with van der Waals surface area (Å²) in [4.78, 5) is 0. The highest BCUT2D eigenvalue weighted by Gasteiger charge is 2.14. The first-order valence-electron chi connectivity index (χ1n) is 6.74. The Hall–Kier alpha value is -1.02. The highest BCUT2D eigenvalue weighted by atomic mass is 79.9. The second-order valence-electron chi connectivity index (χ2n) is 5.24. The molecule has 2 aromatic rings. The molecule has 0 aliphatic heterocycles. The number of rotatable bonds is 3. The first kappa shape index (κ1) is 12.0. The van der Waals surface area contributed by atoms with E-state index in [2.05, 4.69) is 57.6 Å². The molecule has 0 heterocycles. The van der Waals surface area contributed by atoms with Crippen LogP contribution in [0.1, 0.15) is 25.7 Å². The second kappa shape index (κ2) is 5.31. The van der Waals surface area contributed by atoms with E-state index in [1.807, 2.05) is 0 Å².